The lowest BCUT2D eigenvalue weighted by Crippen LogP contribution is -2.44. The fourth-order valence-corrected chi connectivity index (χ4v) is 6.68. The van der Waals surface area contributed by atoms with E-state index in [1.165, 1.54) is 0 Å². The third-order valence-electron chi connectivity index (χ3n) is 2.97. The van der Waals surface area contributed by atoms with Crippen LogP contribution in [0.5, 0.6) is 0 Å². The average molecular weight is 404 g/mol. The molecule has 140 valence electrons. The van der Waals surface area contributed by atoms with E-state index < -0.39 is 58.5 Å². The molecule has 1 N–H and O–H groups in total. The molecule has 0 aliphatic carbocycles. The summed E-state index contributed by atoms with van der Waals surface area (Å²) in [7, 11) is -12.7. The van der Waals surface area contributed by atoms with Crippen LogP contribution < -0.4 is 0 Å². The lowest BCUT2D eigenvalue weighted by Gasteiger charge is -2.20. The minimum Gasteiger partial charge on any atom is -0.451 e. The van der Waals surface area contributed by atoms with Crippen LogP contribution in [0.2, 0.25) is 0 Å². The number of halogens is 6. The van der Waals surface area contributed by atoms with Gasteiger partial charge in [-0.25, -0.2) is 13.2 Å². The smallest absolute Gasteiger partial charge is 0.451 e. The van der Waals surface area contributed by atoms with Gasteiger partial charge >= 0.3 is 17.0 Å². The molecule has 3 atom stereocenters. The van der Waals surface area contributed by atoms with Crippen LogP contribution in [0.15, 0.2) is 12.2 Å². The summed E-state index contributed by atoms with van der Waals surface area (Å²) in [6.45, 7) is 4.10. The van der Waals surface area contributed by atoms with Crippen molar-refractivity contribution in [2.75, 3.05) is 0 Å². The van der Waals surface area contributed by atoms with E-state index in [4.69, 9.17) is 0 Å². The minimum absolute atomic E-state index is 0.386. The van der Waals surface area contributed by atoms with E-state index in [9.17, 15) is 48.9 Å². The highest BCUT2D eigenvalue weighted by Gasteiger charge is 2.65. The normalized spacial score (nSPS) is 28.8. The molecule has 6 nitrogen and oxygen atoms in total. The first-order valence-electron chi connectivity index (χ1n) is 5.79. The second-order valence-corrected chi connectivity index (χ2v) is 9.79. The molecule has 0 amide bonds. The van der Waals surface area contributed by atoms with E-state index in [0.717, 1.165) is 6.92 Å². The van der Waals surface area contributed by atoms with Crippen LogP contribution in [0.4, 0.5) is 26.3 Å². The van der Waals surface area contributed by atoms with Gasteiger partial charge in [-0.05, 0) is 6.92 Å². The summed E-state index contributed by atoms with van der Waals surface area (Å²) in [5.74, 6) is -1.40. The number of hydrogen-bond donors (Lipinski definition) is 1. The molecule has 1 rings (SSSR count). The Labute approximate surface area is 132 Å². The van der Waals surface area contributed by atoms with Gasteiger partial charge in [0.15, 0.2) is 15.7 Å². The molecule has 0 spiro atoms. The second-order valence-electron chi connectivity index (χ2n) is 4.71. The van der Waals surface area contributed by atoms with Gasteiger partial charge in [-0.15, -0.1) is 0 Å². The number of esters is 1. The van der Waals surface area contributed by atoms with Gasteiger partial charge in [0, 0.05) is 12.0 Å². The molecular formula is C10H10F6O6S2. The van der Waals surface area contributed by atoms with Crippen molar-refractivity contribution in [3.63, 3.8) is 0 Å². The van der Waals surface area contributed by atoms with Gasteiger partial charge in [0.05, 0.1) is 0 Å². The number of aliphatic hydroxyl groups excluding tert-OH is 1. The number of rotatable bonds is 3. The van der Waals surface area contributed by atoms with Crippen molar-refractivity contribution in [1.29, 1.82) is 0 Å². The largest absolute Gasteiger partial charge is 0.498 e. The first kappa shape index (κ1) is 20.8. The van der Waals surface area contributed by atoms with Crippen LogP contribution in [-0.4, -0.2) is 50.5 Å². The fraction of sp³-hybridized carbons (Fsp3) is 0.600. The zero-order chi connectivity index (χ0) is 19.3. The summed E-state index contributed by atoms with van der Waals surface area (Å²) >= 11 is 0. The molecule has 1 aliphatic heterocycles. The standard InChI is InChI=1S/C10H10F6O6S2/c1-4(2)7(17)22-5-3-6(24(20,21)10(14,15)16)23(19,8(5)18)9(11,12)13/h5-6,18H,1,3H2,2H3. The molecule has 0 radical (unpaired) electrons. The van der Waals surface area contributed by atoms with Gasteiger partial charge in [0.1, 0.15) is 9.52 Å². The van der Waals surface area contributed by atoms with Crippen molar-refractivity contribution in [2.24, 2.45) is 0 Å². The Bertz CT molecular complexity index is 784. The summed E-state index contributed by atoms with van der Waals surface area (Å²) < 4.78 is 112. The zero-order valence-electron chi connectivity index (χ0n) is 11.6. The Morgan fingerprint density at radius 2 is 1.75 bits per heavy atom. The Morgan fingerprint density at radius 3 is 2.08 bits per heavy atom. The molecule has 14 heteroatoms. The monoisotopic (exact) mass is 404 g/mol. The van der Waals surface area contributed by atoms with E-state index in [0.29, 0.717) is 0 Å². The van der Waals surface area contributed by atoms with Crippen LogP contribution in [0.1, 0.15) is 13.3 Å². The molecule has 0 saturated carbocycles. The van der Waals surface area contributed by atoms with E-state index in [-0.39, 0.29) is 5.57 Å². The second kappa shape index (κ2) is 5.91. The lowest BCUT2D eigenvalue weighted by atomic mass is 10.3. The highest BCUT2D eigenvalue weighted by Crippen LogP contribution is 2.43. The van der Waals surface area contributed by atoms with Crippen molar-refractivity contribution in [3.8, 4) is 0 Å². The maximum Gasteiger partial charge on any atom is 0.498 e. The SMILES string of the molecule is C=C(C)C(=O)OC1CC(S(=O)(=O)C(F)(F)F)S(=O)(C(F)(F)F)=C1O. The maximum absolute atomic E-state index is 13.0. The maximum atomic E-state index is 13.0. The summed E-state index contributed by atoms with van der Waals surface area (Å²) in [5.41, 5.74) is -12.5. The third kappa shape index (κ3) is 3.13. The zero-order valence-corrected chi connectivity index (χ0v) is 13.3. The summed E-state index contributed by atoms with van der Waals surface area (Å²) in [6, 6.07) is 0. The first-order valence-corrected chi connectivity index (χ1v) is 8.96. The highest BCUT2D eigenvalue weighted by molar-refractivity contribution is 8.15. The van der Waals surface area contributed by atoms with Crippen molar-refractivity contribution in [3.05, 3.63) is 12.2 Å². The molecule has 24 heavy (non-hydrogen) atoms. The molecule has 1 heterocycles. The van der Waals surface area contributed by atoms with Crippen molar-refractivity contribution in [1.82, 2.24) is 0 Å². The molecule has 1 aliphatic rings. The third-order valence-corrected chi connectivity index (χ3v) is 8.58. The summed E-state index contributed by atoms with van der Waals surface area (Å²) in [6.07, 6.45) is -4.10. The van der Waals surface area contributed by atoms with Crippen molar-refractivity contribution < 1.29 is 53.6 Å². The van der Waals surface area contributed by atoms with E-state index in [2.05, 4.69) is 11.3 Å². The van der Waals surface area contributed by atoms with Gasteiger partial charge in [-0.2, -0.15) is 26.3 Å². The van der Waals surface area contributed by atoms with Crippen LogP contribution in [0, 0.1) is 0 Å². The van der Waals surface area contributed by atoms with Crippen molar-refractivity contribution in [2.45, 2.75) is 35.0 Å². The van der Waals surface area contributed by atoms with E-state index in [1.54, 1.807) is 0 Å². The predicted octanol–water partition coefficient (Wildman–Crippen LogP) is 1.63. The predicted molar refractivity (Wildman–Crippen MR) is 69.9 cm³/mol. The molecule has 0 bridgehead atoms. The minimum atomic E-state index is -6.58. The molecule has 3 unspecified atom stereocenters. The fourth-order valence-electron chi connectivity index (χ4n) is 1.79. The Hall–Kier alpha value is -1.28. The number of carbonyl (C=O) groups is 1. The van der Waals surface area contributed by atoms with Crippen LogP contribution in [0.3, 0.4) is 0 Å². The van der Waals surface area contributed by atoms with Gasteiger partial charge < -0.3 is 9.84 Å². The number of carbonyl (C=O) groups excluding carboxylic acids is 1. The van der Waals surface area contributed by atoms with Gasteiger partial charge in [0.25, 0.3) is 9.84 Å². The van der Waals surface area contributed by atoms with Gasteiger partial charge in [0.2, 0.25) is 0 Å². The molecular weight excluding hydrogens is 394 g/mol. The highest BCUT2D eigenvalue weighted by atomic mass is 32.3. The van der Waals surface area contributed by atoms with Gasteiger partial charge in [-0.3, -0.25) is 4.21 Å². The molecule has 0 aromatic carbocycles. The number of alkyl halides is 6. The number of ether oxygens (including phenoxy) is 1. The number of aliphatic hydroxyl groups is 1. The molecule has 0 saturated heterocycles. The lowest BCUT2D eigenvalue weighted by molar-refractivity contribution is -0.141. The average Bonchev–Trinajstić information content (AvgIpc) is 2.63. The molecule has 0 fully saturated rings. The quantitative estimate of drug-likeness (QED) is 0.332. The topological polar surface area (TPSA) is 97.7 Å². The van der Waals surface area contributed by atoms with Crippen LogP contribution >= 0.6 is 0 Å². The molecule has 0 aromatic rings. The Balaban J connectivity index is 3.59. The summed E-state index contributed by atoms with van der Waals surface area (Å²) in [4.78, 5) is 11.3. The van der Waals surface area contributed by atoms with Crippen LogP contribution in [0.25, 0.3) is 0 Å². The van der Waals surface area contributed by atoms with E-state index >= 15 is 0 Å². The summed E-state index contributed by atoms with van der Waals surface area (Å²) in [5, 5.41) is 7.28. The van der Waals surface area contributed by atoms with Crippen LogP contribution in [-0.2, 0) is 28.9 Å². The van der Waals surface area contributed by atoms with Gasteiger partial charge in [-0.1, -0.05) is 6.58 Å². The van der Waals surface area contributed by atoms with E-state index in [1.807, 2.05) is 0 Å². The number of sulfone groups is 1. The van der Waals surface area contributed by atoms with Crippen molar-refractivity contribution >= 4 is 30.4 Å². The Morgan fingerprint density at radius 1 is 1.29 bits per heavy atom. The Kier molecular flexibility index (Phi) is 5.11. The molecule has 0 aromatic heterocycles. The number of hydrogen-bond acceptors (Lipinski definition) is 5. The first-order chi connectivity index (χ1) is 10.5.